The van der Waals surface area contributed by atoms with Gasteiger partial charge in [0.05, 0.1) is 17.0 Å². The van der Waals surface area contributed by atoms with E-state index in [-0.39, 0.29) is 17.0 Å². The van der Waals surface area contributed by atoms with Crippen LogP contribution in [0.3, 0.4) is 0 Å². The molecule has 0 saturated carbocycles. The molecule has 2 aromatic carbocycles. The summed E-state index contributed by atoms with van der Waals surface area (Å²) in [6.07, 6.45) is 1.56. The molecule has 29 heavy (non-hydrogen) atoms. The zero-order valence-corrected chi connectivity index (χ0v) is 15.7. The van der Waals surface area contributed by atoms with Crippen LogP contribution in [0.4, 0.5) is 4.79 Å². The van der Waals surface area contributed by atoms with Crippen molar-refractivity contribution in [3.8, 4) is 5.75 Å². The molecule has 1 saturated heterocycles. The highest BCUT2D eigenvalue weighted by Crippen LogP contribution is 2.33. The number of aromatic carboxylic acids is 1. The monoisotopic (exact) mass is 413 g/mol. The molecule has 0 aliphatic carbocycles. The fourth-order valence-corrected chi connectivity index (χ4v) is 3.42. The van der Waals surface area contributed by atoms with E-state index < -0.39 is 29.7 Å². The lowest BCUT2D eigenvalue weighted by atomic mass is 10.1. The Balaban J connectivity index is 1.72. The summed E-state index contributed by atoms with van der Waals surface area (Å²) in [7, 11) is 0. The van der Waals surface area contributed by atoms with Gasteiger partial charge in [-0.3, -0.25) is 14.5 Å². The van der Waals surface area contributed by atoms with Crippen molar-refractivity contribution in [1.82, 2.24) is 4.90 Å². The zero-order valence-electron chi connectivity index (χ0n) is 14.9. The van der Waals surface area contributed by atoms with Crippen molar-refractivity contribution >= 4 is 40.9 Å². The average Bonchev–Trinajstić information content (AvgIpc) is 2.95. The molecule has 2 amide bonds. The number of thioether (sulfide) groups is 1. The van der Waals surface area contributed by atoms with Crippen LogP contribution in [0.25, 0.3) is 6.08 Å². The lowest BCUT2D eigenvalue weighted by Crippen LogP contribution is -2.27. The fourth-order valence-electron chi connectivity index (χ4n) is 2.58. The minimum atomic E-state index is -1.09. The summed E-state index contributed by atoms with van der Waals surface area (Å²) in [6.45, 7) is -0.480. The van der Waals surface area contributed by atoms with Crippen LogP contribution in [-0.2, 0) is 16.1 Å². The summed E-state index contributed by atoms with van der Waals surface area (Å²) >= 11 is 0.798. The van der Waals surface area contributed by atoms with Crippen LogP contribution in [0.15, 0.2) is 53.4 Å². The van der Waals surface area contributed by atoms with Crippen LogP contribution in [0, 0.1) is 0 Å². The van der Waals surface area contributed by atoms with Gasteiger partial charge < -0.3 is 14.9 Å². The second kappa shape index (κ2) is 8.61. The molecule has 1 heterocycles. The first kappa shape index (κ1) is 20.2. The molecule has 9 heteroatoms. The Bertz CT molecular complexity index is 1010. The summed E-state index contributed by atoms with van der Waals surface area (Å²) in [5, 5.41) is 17.2. The number of hydrogen-bond acceptors (Lipinski definition) is 6. The van der Waals surface area contributed by atoms with E-state index in [1.165, 1.54) is 12.1 Å². The number of carboxylic acid groups (broad SMARTS) is 2. The summed E-state index contributed by atoms with van der Waals surface area (Å²) < 4.78 is 5.04. The van der Waals surface area contributed by atoms with E-state index in [1.807, 2.05) is 0 Å². The van der Waals surface area contributed by atoms with Crippen molar-refractivity contribution in [1.29, 1.82) is 0 Å². The number of rotatable bonds is 7. The van der Waals surface area contributed by atoms with Gasteiger partial charge in [0.1, 0.15) is 5.75 Å². The molecule has 1 aliphatic heterocycles. The van der Waals surface area contributed by atoms with Crippen LogP contribution >= 0.6 is 11.8 Å². The highest BCUT2D eigenvalue weighted by molar-refractivity contribution is 8.18. The molecule has 0 radical (unpaired) electrons. The number of nitrogens with zero attached hydrogens (tertiary/aromatic N) is 1. The minimum Gasteiger partial charge on any atom is -0.482 e. The number of amides is 2. The first-order valence-electron chi connectivity index (χ1n) is 8.36. The third kappa shape index (κ3) is 5.02. The second-order valence-electron chi connectivity index (χ2n) is 6.02. The van der Waals surface area contributed by atoms with E-state index in [2.05, 4.69) is 0 Å². The number of benzene rings is 2. The number of ether oxygens (including phenoxy) is 1. The Hall–Kier alpha value is -3.59. The normalized spacial score (nSPS) is 15.0. The molecule has 1 fully saturated rings. The van der Waals surface area contributed by atoms with E-state index in [0.717, 1.165) is 16.7 Å². The largest absolute Gasteiger partial charge is 0.482 e. The van der Waals surface area contributed by atoms with Crippen LogP contribution in [0.2, 0.25) is 0 Å². The van der Waals surface area contributed by atoms with Gasteiger partial charge in [-0.15, -0.1) is 0 Å². The Morgan fingerprint density at radius 1 is 1.07 bits per heavy atom. The molecule has 8 nitrogen and oxygen atoms in total. The highest BCUT2D eigenvalue weighted by atomic mass is 32.2. The SMILES string of the molecule is O=C(O)COc1ccc(/C=C2\SC(=O)N(Cc3cccc(C(=O)O)c3)C2=O)cc1. The molecule has 0 spiro atoms. The lowest BCUT2D eigenvalue weighted by molar-refractivity contribution is -0.139. The summed E-state index contributed by atoms with van der Waals surface area (Å²) in [5.41, 5.74) is 1.26. The Morgan fingerprint density at radius 3 is 2.45 bits per heavy atom. The maximum atomic E-state index is 12.6. The topological polar surface area (TPSA) is 121 Å². The summed E-state index contributed by atoms with van der Waals surface area (Å²) in [5.74, 6) is -2.27. The molecule has 2 N–H and O–H groups in total. The van der Waals surface area contributed by atoms with Gasteiger partial charge in [0.25, 0.3) is 11.1 Å². The standard InChI is InChI=1S/C20H15NO7S/c22-17(23)11-28-15-6-4-12(5-7-15)9-16-18(24)21(20(27)29-16)10-13-2-1-3-14(8-13)19(25)26/h1-9H,10-11H2,(H,22,23)(H,25,26)/b16-9-. The first-order valence-corrected chi connectivity index (χ1v) is 9.17. The average molecular weight is 413 g/mol. The molecule has 0 aromatic heterocycles. The molecule has 0 atom stereocenters. The van der Waals surface area contributed by atoms with Gasteiger partial charge in [0, 0.05) is 0 Å². The quantitative estimate of drug-likeness (QED) is 0.664. The number of aliphatic carboxylic acids is 1. The molecule has 0 bridgehead atoms. The second-order valence-corrected chi connectivity index (χ2v) is 7.02. The smallest absolute Gasteiger partial charge is 0.341 e. The van der Waals surface area contributed by atoms with E-state index in [0.29, 0.717) is 16.9 Å². The zero-order chi connectivity index (χ0) is 21.0. The first-order chi connectivity index (χ1) is 13.8. The number of hydrogen-bond donors (Lipinski definition) is 2. The van der Waals surface area contributed by atoms with Gasteiger partial charge in [0.2, 0.25) is 0 Å². The summed E-state index contributed by atoms with van der Waals surface area (Å²) in [4.78, 5) is 47.7. The van der Waals surface area contributed by atoms with Crippen molar-refractivity contribution < 1.29 is 34.1 Å². The van der Waals surface area contributed by atoms with Crippen molar-refractivity contribution in [2.24, 2.45) is 0 Å². The molecule has 148 valence electrons. The van der Waals surface area contributed by atoms with Gasteiger partial charge >= 0.3 is 11.9 Å². The predicted molar refractivity (Wildman–Crippen MR) is 104 cm³/mol. The molecule has 2 aromatic rings. The van der Waals surface area contributed by atoms with Crippen molar-refractivity contribution in [2.75, 3.05) is 6.61 Å². The highest BCUT2D eigenvalue weighted by Gasteiger charge is 2.35. The predicted octanol–water partition coefficient (Wildman–Crippen LogP) is 3.08. The number of carbonyl (C=O) groups is 4. The maximum absolute atomic E-state index is 12.6. The van der Waals surface area contributed by atoms with Gasteiger partial charge in [-0.25, -0.2) is 9.59 Å². The van der Waals surface area contributed by atoms with Gasteiger partial charge in [0.15, 0.2) is 6.61 Å². The van der Waals surface area contributed by atoms with Crippen LogP contribution < -0.4 is 4.74 Å². The Morgan fingerprint density at radius 2 is 1.79 bits per heavy atom. The maximum Gasteiger partial charge on any atom is 0.341 e. The minimum absolute atomic E-state index is 0.0227. The van der Waals surface area contributed by atoms with E-state index in [9.17, 15) is 19.2 Å². The summed E-state index contributed by atoms with van der Waals surface area (Å²) in [6, 6.07) is 12.5. The molecular weight excluding hydrogens is 398 g/mol. The van der Waals surface area contributed by atoms with Crippen molar-refractivity contribution in [3.05, 3.63) is 70.1 Å². The fraction of sp³-hybridized carbons (Fsp3) is 0.100. The van der Waals surface area contributed by atoms with E-state index >= 15 is 0 Å². The third-order valence-corrected chi connectivity index (χ3v) is 4.84. The van der Waals surface area contributed by atoms with Gasteiger partial charge in [-0.1, -0.05) is 24.3 Å². The number of imide groups is 1. The van der Waals surface area contributed by atoms with Crippen LogP contribution in [0.5, 0.6) is 5.75 Å². The van der Waals surface area contributed by atoms with Crippen molar-refractivity contribution in [3.63, 3.8) is 0 Å². The molecular formula is C20H15NO7S. The molecule has 3 rings (SSSR count). The van der Waals surface area contributed by atoms with Crippen LogP contribution in [-0.4, -0.2) is 44.8 Å². The van der Waals surface area contributed by atoms with Gasteiger partial charge in [-0.05, 0) is 53.2 Å². The van der Waals surface area contributed by atoms with E-state index in [1.54, 1.807) is 42.5 Å². The lowest BCUT2D eigenvalue weighted by Gasteiger charge is -2.12. The third-order valence-electron chi connectivity index (χ3n) is 3.93. The molecule has 0 unspecified atom stereocenters. The van der Waals surface area contributed by atoms with Crippen molar-refractivity contribution in [2.45, 2.75) is 6.54 Å². The molecule has 1 aliphatic rings. The van der Waals surface area contributed by atoms with E-state index in [4.69, 9.17) is 14.9 Å². The number of carbonyl (C=O) groups excluding carboxylic acids is 2. The van der Waals surface area contributed by atoms with Gasteiger partial charge in [-0.2, -0.15) is 0 Å². The van der Waals surface area contributed by atoms with Crippen LogP contribution in [0.1, 0.15) is 21.5 Å². The number of carboxylic acids is 2. The Kier molecular flexibility index (Phi) is 5.99. The Labute approximate surface area is 169 Å².